The summed E-state index contributed by atoms with van der Waals surface area (Å²) in [7, 11) is 0. The minimum atomic E-state index is 0. The van der Waals surface area contributed by atoms with E-state index in [4.69, 9.17) is 0 Å². The van der Waals surface area contributed by atoms with Crippen LogP contribution in [0.25, 0.3) is 0 Å². The minimum Gasteiger partial charge on any atom is -0.311 e. The molecule has 0 aromatic rings. The Morgan fingerprint density at radius 1 is 1.25 bits per heavy atom. The fraction of sp³-hybridized carbons (Fsp3) is 1.00. The fourth-order valence-corrected chi connectivity index (χ4v) is 3.46. The maximum atomic E-state index is 3.67. The zero-order valence-corrected chi connectivity index (χ0v) is 9.13. The molecule has 1 saturated heterocycles. The Labute approximate surface area is 81.7 Å². The van der Waals surface area contributed by atoms with Crippen LogP contribution >= 0.6 is 12.4 Å². The lowest BCUT2D eigenvalue weighted by Crippen LogP contribution is -2.39. The van der Waals surface area contributed by atoms with E-state index in [1.807, 2.05) is 0 Å². The molecular weight excluding hydrogens is 170 g/mol. The maximum absolute atomic E-state index is 3.67. The van der Waals surface area contributed by atoms with Crippen LogP contribution in [0.3, 0.4) is 0 Å². The molecule has 12 heavy (non-hydrogen) atoms. The van der Waals surface area contributed by atoms with Gasteiger partial charge in [0.15, 0.2) is 0 Å². The summed E-state index contributed by atoms with van der Waals surface area (Å²) in [5, 5.41) is 3.67. The van der Waals surface area contributed by atoms with E-state index in [9.17, 15) is 0 Å². The molecule has 1 aliphatic carbocycles. The molecule has 1 nitrogen and oxygen atoms in total. The van der Waals surface area contributed by atoms with Gasteiger partial charge in [-0.3, -0.25) is 0 Å². The summed E-state index contributed by atoms with van der Waals surface area (Å²) in [6.45, 7) is 8.45. The third-order valence-electron chi connectivity index (χ3n) is 3.40. The third-order valence-corrected chi connectivity index (χ3v) is 3.40. The van der Waals surface area contributed by atoms with Gasteiger partial charge in [-0.15, -0.1) is 12.4 Å². The van der Waals surface area contributed by atoms with Gasteiger partial charge in [0.05, 0.1) is 0 Å². The zero-order chi connectivity index (χ0) is 8.11. The van der Waals surface area contributed by atoms with Crippen LogP contribution in [0.15, 0.2) is 0 Å². The highest BCUT2D eigenvalue weighted by molar-refractivity contribution is 5.85. The van der Waals surface area contributed by atoms with Crippen molar-refractivity contribution in [3.05, 3.63) is 0 Å². The Morgan fingerprint density at radius 3 is 2.50 bits per heavy atom. The summed E-state index contributed by atoms with van der Waals surface area (Å²) in [6, 6.07) is 0. The Morgan fingerprint density at radius 2 is 1.92 bits per heavy atom. The van der Waals surface area contributed by atoms with Gasteiger partial charge in [0.2, 0.25) is 0 Å². The lowest BCUT2D eigenvalue weighted by atomic mass is 9.68. The van der Waals surface area contributed by atoms with Crippen LogP contribution in [0.4, 0.5) is 0 Å². The van der Waals surface area contributed by atoms with Crippen LogP contribution < -0.4 is 5.32 Å². The molecule has 1 N–H and O–H groups in total. The Hall–Kier alpha value is 0.250. The number of nitrogens with one attached hydrogen (secondary N) is 1. The van der Waals surface area contributed by atoms with Gasteiger partial charge in [0.1, 0.15) is 0 Å². The van der Waals surface area contributed by atoms with Crippen molar-refractivity contribution in [2.45, 2.75) is 45.6 Å². The van der Waals surface area contributed by atoms with Crippen LogP contribution in [0.5, 0.6) is 0 Å². The van der Waals surface area contributed by atoms with E-state index in [-0.39, 0.29) is 12.4 Å². The van der Waals surface area contributed by atoms with Crippen molar-refractivity contribution in [1.29, 1.82) is 0 Å². The molecular formula is C10H20ClN. The van der Waals surface area contributed by atoms with Crippen molar-refractivity contribution in [3.63, 3.8) is 0 Å². The normalized spacial score (nSPS) is 51.8. The van der Waals surface area contributed by atoms with E-state index < -0.39 is 0 Å². The zero-order valence-electron chi connectivity index (χ0n) is 8.31. The average molecular weight is 190 g/mol. The quantitative estimate of drug-likeness (QED) is 0.618. The van der Waals surface area contributed by atoms with Crippen molar-refractivity contribution < 1.29 is 0 Å². The first-order valence-corrected chi connectivity index (χ1v) is 4.77. The average Bonchev–Trinajstić information content (AvgIpc) is 2.01. The van der Waals surface area contributed by atoms with Crippen molar-refractivity contribution in [1.82, 2.24) is 5.32 Å². The summed E-state index contributed by atoms with van der Waals surface area (Å²) in [6.07, 6.45) is 4.20. The lowest BCUT2D eigenvalue weighted by molar-refractivity contribution is 0.173. The van der Waals surface area contributed by atoms with Gasteiger partial charge < -0.3 is 5.32 Å². The maximum Gasteiger partial charge on any atom is 0.0161 e. The molecule has 0 amide bonds. The Balaban J connectivity index is 0.000000720. The topological polar surface area (TPSA) is 12.0 Å². The summed E-state index contributed by atoms with van der Waals surface area (Å²) in [4.78, 5) is 0. The van der Waals surface area contributed by atoms with Crippen LogP contribution in [0.1, 0.15) is 40.0 Å². The SMILES string of the molecule is CC1CC2(C)CNC(C)(C1)C2.Cl. The van der Waals surface area contributed by atoms with Crippen LogP contribution in [-0.4, -0.2) is 12.1 Å². The molecule has 2 bridgehead atoms. The molecule has 2 rings (SSSR count). The molecule has 1 aliphatic heterocycles. The Bertz CT molecular complexity index is 165. The van der Waals surface area contributed by atoms with Crippen molar-refractivity contribution in [2.75, 3.05) is 6.54 Å². The van der Waals surface area contributed by atoms with Gasteiger partial charge in [-0.25, -0.2) is 0 Å². The summed E-state index contributed by atoms with van der Waals surface area (Å²) < 4.78 is 0. The number of fused-ring (bicyclic) bond motifs is 2. The molecule has 0 spiro atoms. The number of hydrogen-bond donors (Lipinski definition) is 1. The number of halogens is 1. The van der Waals surface area contributed by atoms with Crippen LogP contribution in [-0.2, 0) is 0 Å². The highest BCUT2D eigenvalue weighted by atomic mass is 35.5. The molecule has 0 radical (unpaired) electrons. The minimum absolute atomic E-state index is 0. The molecule has 3 atom stereocenters. The second-order valence-electron chi connectivity index (χ2n) is 5.42. The van der Waals surface area contributed by atoms with Gasteiger partial charge in [-0.1, -0.05) is 13.8 Å². The van der Waals surface area contributed by atoms with Gasteiger partial charge in [0.25, 0.3) is 0 Å². The predicted molar refractivity (Wildman–Crippen MR) is 54.8 cm³/mol. The van der Waals surface area contributed by atoms with Crippen molar-refractivity contribution in [2.24, 2.45) is 11.3 Å². The smallest absolute Gasteiger partial charge is 0.0161 e. The van der Waals surface area contributed by atoms with Crippen molar-refractivity contribution in [3.8, 4) is 0 Å². The number of rotatable bonds is 0. The van der Waals surface area contributed by atoms with Gasteiger partial charge in [0, 0.05) is 12.1 Å². The molecule has 0 aromatic carbocycles. The summed E-state index contributed by atoms with van der Waals surface area (Å²) in [5.41, 5.74) is 1.10. The first kappa shape index (κ1) is 10.3. The molecule has 2 heteroatoms. The second-order valence-corrected chi connectivity index (χ2v) is 5.42. The van der Waals surface area contributed by atoms with Crippen LogP contribution in [0, 0.1) is 11.3 Å². The Kier molecular flexibility index (Phi) is 2.48. The molecule has 2 aliphatic rings. The fourth-order valence-electron chi connectivity index (χ4n) is 3.46. The predicted octanol–water partition coefficient (Wildman–Crippen LogP) is 2.60. The van der Waals surface area contributed by atoms with E-state index in [0.29, 0.717) is 11.0 Å². The lowest BCUT2D eigenvalue weighted by Gasteiger charge is -2.37. The van der Waals surface area contributed by atoms with Gasteiger partial charge in [-0.05, 0) is 37.5 Å². The van der Waals surface area contributed by atoms with E-state index in [0.717, 1.165) is 5.92 Å². The van der Waals surface area contributed by atoms with E-state index in [1.54, 1.807) is 0 Å². The first-order chi connectivity index (χ1) is 5.02. The molecule has 1 saturated carbocycles. The third kappa shape index (κ3) is 1.62. The number of hydrogen-bond acceptors (Lipinski definition) is 1. The summed E-state index contributed by atoms with van der Waals surface area (Å²) >= 11 is 0. The van der Waals surface area contributed by atoms with Gasteiger partial charge in [-0.2, -0.15) is 0 Å². The van der Waals surface area contributed by atoms with Crippen LogP contribution in [0.2, 0.25) is 0 Å². The molecule has 0 aromatic heterocycles. The molecule has 72 valence electrons. The monoisotopic (exact) mass is 189 g/mol. The molecule has 1 heterocycles. The highest BCUT2D eigenvalue weighted by Gasteiger charge is 2.47. The standard InChI is InChI=1S/C10H19N.ClH/c1-8-4-9(2)6-10(3,5-8)11-7-9;/h8,11H,4-7H2,1-3H3;1H. The largest absolute Gasteiger partial charge is 0.311 e. The molecule has 2 fully saturated rings. The van der Waals surface area contributed by atoms with E-state index >= 15 is 0 Å². The van der Waals surface area contributed by atoms with Crippen molar-refractivity contribution >= 4 is 12.4 Å². The second kappa shape index (κ2) is 2.88. The molecule has 3 unspecified atom stereocenters. The highest BCUT2D eigenvalue weighted by Crippen LogP contribution is 2.48. The van der Waals surface area contributed by atoms with E-state index in [1.165, 1.54) is 25.8 Å². The van der Waals surface area contributed by atoms with Gasteiger partial charge >= 0.3 is 0 Å². The summed E-state index contributed by atoms with van der Waals surface area (Å²) in [5.74, 6) is 0.925. The first-order valence-electron chi connectivity index (χ1n) is 4.77. The van der Waals surface area contributed by atoms with E-state index in [2.05, 4.69) is 26.1 Å².